The van der Waals surface area contributed by atoms with E-state index in [-0.39, 0.29) is 34.5 Å². The summed E-state index contributed by atoms with van der Waals surface area (Å²) in [6.07, 6.45) is 3.11. The molecule has 7 nitrogen and oxygen atoms in total. The summed E-state index contributed by atoms with van der Waals surface area (Å²) in [5, 5.41) is 13.8. The normalized spacial score (nSPS) is 23.2. The van der Waals surface area contributed by atoms with Gasteiger partial charge in [0.2, 0.25) is 5.91 Å². The first kappa shape index (κ1) is 19.1. The molecule has 1 aliphatic carbocycles. The van der Waals surface area contributed by atoms with Gasteiger partial charge in [-0.3, -0.25) is 19.7 Å². The number of carbonyl (C=O) groups excluding carboxylic acids is 2. The Morgan fingerprint density at radius 2 is 2.03 bits per heavy atom. The lowest BCUT2D eigenvalue weighted by Gasteiger charge is -2.50. The standard InChI is InChI=1S/C22H23N3O4/c1-22-11-10-20(26)24(2)19(22)9-6-14-12-16(7-8-18(14)22)23-21(27)15-4-3-5-17(13-15)25(28)29/h3-5,7-8,12-13,19H,6,9-11H2,1-2H3,(H,23,27)/t19-,22-/m1/s1. The molecule has 7 heteroatoms. The number of hydrogen-bond donors (Lipinski definition) is 1. The van der Waals surface area contributed by atoms with Crippen LogP contribution in [0.3, 0.4) is 0 Å². The Labute approximate surface area is 168 Å². The largest absolute Gasteiger partial charge is 0.342 e. The maximum absolute atomic E-state index is 12.5. The number of likely N-dealkylation sites (N-methyl/N-ethyl adjacent to an activating group) is 1. The average Bonchev–Trinajstić information content (AvgIpc) is 2.71. The van der Waals surface area contributed by atoms with E-state index in [4.69, 9.17) is 0 Å². The number of nitro benzene ring substituents is 1. The molecule has 0 spiro atoms. The predicted molar refractivity (Wildman–Crippen MR) is 109 cm³/mol. The van der Waals surface area contributed by atoms with Crippen molar-refractivity contribution in [3.05, 3.63) is 69.3 Å². The average molecular weight is 393 g/mol. The first-order valence-electron chi connectivity index (χ1n) is 9.74. The Hall–Kier alpha value is -3.22. The van der Waals surface area contributed by atoms with Crippen molar-refractivity contribution in [3.8, 4) is 0 Å². The minimum atomic E-state index is -0.515. The van der Waals surface area contributed by atoms with Gasteiger partial charge < -0.3 is 10.2 Å². The fourth-order valence-electron chi connectivity index (χ4n) is 4.83. The molecular weight excluding hydrogens is 370 g/mol. The summed E-state index contributed by atoms with van der Waals surface area (Å²) in [4.78, 5) is 37.0. The molecule has 0 saturated carbocycles. The minimum Gasteiger partial charge on any atom is -0.342 e. The lowest BCUT2D eigenvalue weighted by atomic mass is 9.63. The zero-order chi connectivity index (χ0) is 20.8. The maximum Gasteiger partial charge on any atom is 0.270 e. The zero-order valence-electron chi connectivity index (χ0n) is 16.5. The molecule has 2 amide bonds. The van der Waals surface area contributed by atoms with Crippen LogP contribution in [0.2, 0.25) is 0 Å². The van der Waals surface area contributed by atoms with E-state index in [1.54, 1.807) is 6.07 Å². The molecule has 1 heterocycles. The quantitative estimate of drug-likeness (QED) is 0.636. The van der Waals surface area contributed by atoms with Crippen LogP contribution in [-0.2, 0) is 16.6 Å². The van der Waals surface area contributed by atoms with Crippen LogP contribution in [0.15, 0.2) is 42.5 Å². The maximum atomic E-state index is 12.5. The number of anilines is 1. The van der Waals surface area contributed by atoms with E-state index in [1.165, 1.54) is 29.3 Å². The van der Waals surface area contributed by atoms with Crippen molar-refractivity contribution in [1.29, 1.82) is 0 Å². The molecule has 150 valence electrons. The second-order valence-electron chi connectivity index (χ2n) is 8.11. The summed E-state index contributed by atoms with van der Waals surface area (Å²) in [6, 6.07) is 11.8. The summed E-state index contributed by atoms with van der Waals surface area (Å²) in [6.45, 7) is 2.22. The molecule has 29 heavy (non-hydrogen) atoms. The molecule has 1 saturated heterocycles. The van der Waals surface area contributed by atoms with E-state index in [0.29, 0.717) is 12.1 Å². The number of non-ortho nitro benzene ring substituents is 1. The summed E-state index contributed by atoms with van der Waals surface area (Å²) >= 11 is 0. The number of fused-ring (bicyclic) bond motifs is 3. The molecule has 2 atom stereocenters. The van der Waals surface area contributed by atoms with Crippen molar-refractivity contribution in [2.24, 2.45) is 0 Å². The highest BCUT2D eigenvalue weighted by atomic mass is 16.6. The predicted octanol–water partition coefficient (Wildman–Crippen LogP) is 3.67. The van der Waals surface area contributed by atoms with E-state index >= 15 is 0 Å². The third kappa shape index (κ3) is 3.26. The Kier molecular flexibility index (Phi) is 4.61. The number of aryl methyl sites for hydroxylation is 1. The number of amides is 2. The van der Waals surface area contributed by atoms with Gasteiger partial charge in [-0.2, -0.15) is 0 Å². The van der Waals surface area contributed by atoms with Gasteiger partial charge >= 0.3 is 0 Å². The molecule has 2 aromatic rings. The third-order valence-corrected chi connectivity index (χ3v) is 6.44. The second kappa shape index (κ2) is 6.99. The smallest absolute Gasteiger partial charge is 0.270 e. The van der Waals surface area contributed by atoms with Crippen LogP contribution in [0.5, 0.6) is 0 Å². The van der Waals surface area contributed by atoms with Crippen molar-refractivity contribution in [3.63, 3.8) is 0 Å². The summed E-state index contributed by atoms with van der Waals surface area (Å²) < 4.78 is 0. The van der Waals surface area contributed by atoms with E-state index in [2.05, 4.69) is 12.2 Å². The van der Waals surface area contributed by atoms with Crippen molar-refractivity contribution < 1.29 is 14.5 Å². The Morgan fingerprint density at radius 3 is 2.79 bits per heavy atom. The van der Waals surface area contributed by atoms with Crippen LogP contribution in [0.1, 0.15) is 47.7 Å². The van der Waals surface area contributed by atoms with Gasteiger partial charge in [0.25, 0.3) is 11.6 Å². The van der Waals surface area contributed by atoms with Gasteiger partial charge in [-0.1, -0.05) is 19.1 Å². The van der Waals surface area contributed by atoms with Crippen molar-refractivity contribution in [2.45, 2.75) is 44.1 Å². The van der Waals surface area contributed by atoms with Gasteiger partial charge in [0.15, 0.2) is 0 Å². The fourth-order valence-corrected chi connectivity index (χ4v) is 4.83. The van der Waals surface area contributed by atoms with Gasteiger partial charge in [0.1, 0.15) is 0 Å². The van der Waals surface area contributed by atoms with E-state index in [1.807, 2.05) is 30.1 Å². The first-order valence-corrected chi connectivity index (χ1v) is 9.74. The first-order chi connectivity index (χ1) is 13.8. The van der Waals surface area contributed by atoms with Crippen LogP contribution in [0.25, 0.3) is 0 Å². The molecule has 1 aliphatic heterocycles. The van der Waals surface area contributed by atoms with Crippen LogP contribution >= 0.6 is 0 Å². The highest BCUT2D eigenvalue weighted by Crippen LogP contribution is 2.46. The molecular formula is C22H23N3O4. The number of rotatable bonds is 3. The SMILES string of the molecule is CN1C(=O)CC[C@]2(C)c3ccc(NC(=O)c4cccc([N+](=O)[O-])c4)cc3CC[C@@H]12. The lowest BCUT2D eigenvalue weighted by molar-refractivity contribution is -0.384. The number of benzene rings is 2. The van der Waals surface area contributed by atoms with Crippen LogP contribution in [-0.4, -0.2) is 34.7 Å². The number of nitrogens with one attached hydrogen (secondary N) is 1. The number of carbonyl (C=O) groups is 2. The minimum absolute atomic E-state index is 0.0845. The van der Waals surface area contributed by atoms with E-state index in [9.17, 15) is 19.7 Å². The van der Waals surface area contributed by atoms with Crippen LogP contribution in [0.4, 0.5) is 11.4 Å². The summed E-state index contributed by atoms with van der Waals surface area (Å²) in [5.74, 6) is -0.173. The molecule has 2 aliphatic rings. The Balaban J connectivity index is 1.58. The molecule has 1 fully saturated rings. The number of likely N-dealkylation sites (tertiary alicyclic amines) is 1. The molecule has 0 bridgehead atoms. The molecule has 2 aromatic carbocycles. The topological polar surface area (TPSA) is 92.6 Å². The van der Waals surface area contributed by atoms with Gasteiger partial charge in [0.05, 0.1) is 4.92 Å². The van der Waals surface area contributed by atoms with E-state index < -0.39 is 4.92 Å². The number of nitro groups is 1. The number of piperidine rings is 1. The monoisotopic (exact) mass is 393 g/mol. The van der Waals surface area contributed by atoms with E-state index in [0.717, 1.165) is 19.3 Å². The lowest BCUT2D eigenvalue weighted by Crippen LogP contribution is -2.56. The molecule has 0 unspecified atom stereocenters. The number of nitrogens with zero attached hydrogens (tertiary/aromatic N) is 2. The van der Waals surface area contributed by atoms with Crippen LogP contribution < -0.4 is 5.32 Å². The van der Waals surface area contributed by atoms with Crippen molar-refractivity contribution in [2.75, 3.05) is 12.4 Å². The summed E-state index contributed by atoms with van der Waals surface area (Å²) in [7, 11) is 1.89. The highest BCUT2D eigenvalue weighted by Gasteiger charge is 2.46. The molecule has 4 rings (SSSR count). The molecule has 0 aromatic heterocycles. The summed E-state index contributed by atoms with van der Waals surface area (Å²) in [5.41, 5.74) is 3.14. The van der Waals surface area contributed by atoms with Gasteiger partial charge in [-0.05, 0) is 48.6 Å². The zero-order valence-corrected chi connectivity index (χ0v) is 16.5. The van der Waals surface area contributed by atoms with Crippen molar-refractivity contribution in [1.82, 2.24) is 4.90 Å². The number of hydrogen-bond acceptors (Lipinski definition) is 4. The Morgan fingerprint density at radius 1 is 1.24 bits per heavy atom. The molecule has 0 radical (unpaired) electrons. The molecule has 1 N–H and O–H groups in total. The van der Waals surface area contributed by atoms with Gasteiger partial charge in [-0.25, -0.2) is 0 Å². The van der Waals surface area contributed by atoms with Gasteiger partial charge in [-0.15, -0.1) is 0 Å². The third-order valence-electron chi connectivity index (χ3n) is 6.44. The van der Waals surface area contributed by atoms with Crippen LogP contribution in [0, 0.1) is 10.1 Å². The van der Waals surface area contributed by atoms with Gasteiger partial charge in [0, 0.05) is 48.3 Å². The second-order valence-corrected chi connectivity index (χ2v) is 8.11. The fraction of sp³-hybridized carbons (Fsp3) is 0.364. The van der Waals surface area contributed by atoms with Crippen molar-refractivity contribution >= 4 is 23.2 Å². The Bertz CT molecular complexity index is 1020. The highest BCUT2D eigenvalue weighted by molar-refractivity contribution is 6.04.